The van der Waals surface area contributed by atoms with E-state index < -0.39 is 0 Å². The zero-order valence-corrected chi connectivity index (χ0v) is 18.7. The van der Waals surface area contributed by atoms with Crippen molar-refractivity contribution in [3.63, 3.8) is 0 Å². The lowest BCUT2D eigenvalue weighted by Crippen LogP contribution is -2.46. The van der Waals surface area contributed by atoms with Gasteiger partial charge in [-0.1, -0.05) is 24.3 Å². The van der Waals surface area contributed by atoms with Crippen molar-refractivity contribution < 1.29 is 14.3 Å². The number of benzene rings is 1. The lowest BCUT2D eigenvalue weighted by molar-refractivity contribution is -0.605. The third-order valence-corrected chi connectivity index (χ3v) is 7.46. The minimum Gasteiger partial charge on any atom is -0.619 e. The number of rotatable bonds is 6. The van der Waals surface area contributed by atoms with Crippen LogP contribution in [0, 0.1) is 11.1 Å². The van der Waals surface area contributed by atoms with Crippen LogP contribution in [0.3, 0.4) is 0 Å². The van der Waals surface area contributed by atoms with Gasteiger partial charge in [-0.15, -0.1) is 0 Å². The fourth-order valence-corrected chi connectivity index (χ4v) is 5.62. The van der Waals surface area contributed by atoms with Gasteiger partial charge < -0.3 is 14.8 Å². The van der Waals surface area contributed by atoms with Crippen LogP contribution in [-0.4, -0.2) is 60.6 Å². The summed E-state index contributed by atoms with van der Waals surface area (Å²) >= 11 is 0. The van der Waals surface area contributed by atoms with Gasteiger partial charge in [-0.3, -0.25) is 9.69 Å². The normalized spacial score (nSPS) is 22.2. The highest BCUT2D eigenvalue weighted by Gasteiger charge is 2.32. The van der Waals surface area contributed by atoms with Crippen LogP contribution < -0.4 is 4.73 Å². The molecule has 6 nitrogen and oxygen atoms in total. The number of hydrogen-bond donors (Lipinski definition) is 0. The summed E-state index contributed by atoms with van der Waals surface area (Å²) in [5.74, 6) is 0.517. The Balaban J connectivity index is 1.19. The van der Waals surface area contributed by atoms with Gasteiger partial charge in [0, 0.05) is 37.9 Å². The molecule has 2 aliphatic heterocycles. The summed E-state index contributed by atoms with van der Waals surface area (Å²) in [6.45, 7) is 4.41. The Kier molecular flexibility index (Phi) is 6.42. The Morgan fingerprint density at radius 2 is 1.72 bits per heavy atom. The van der Waals surface area contributed by atoms with E-state index in [1.54, 1.807) is 12.1 Å². The number of ether oxygens (including phenoxy) is 1. The molecule has 2 fully saturated rings. The highest BCUT2D eigenvalue weighted by molar-refractivity contribution is 5.94. The van der Waals surface area contributed by atoms with E-state index in [-0.39, 0.29) is 12.0 Å². The van der Waals surface area contributed by atoms with Gasteiger partial charge in [-0.25, -0.2) is 0 Å². The van der Waals surface area contributed by atoms with Crippen LogP contribution in [0.4, 0.5) is 0 Å². The summed E-state index contributed by atoms with van der Waals surface area (Å²) in [5.41, 5.74) is 3.60. The van der Waals surface area contributed by atoms with Gasteiger partial charge in [0.25, 0.3) is 5.91 Å². The Morgan fingerprint density at radius 3 is 2.34 bits per heavy atom. The van der Waals surface area contributed by atoms with Crippen molar-refractivity contribution in [2.45, 2.75) is 50.7 Å². The van der Waals surface area contributed by atoms with Crippen LogP contribution >= 0.6 is 0 Å². The van der Waals surface area contributed by atoms with E-state index in [2.05, 4.69) is 29.2 Å². The number of carbonyl (C=O) groups excluding carboxylic acids is 1. The largest absolute Gasteiger partial charge is 0.619 e. The Hall–Kier alpha value is -2.44. The number of fused-ring (bicyclic) bond motifs is 1. The van der Waals surface area contributed by atoms with Crippen molar-refractivity contribution in [2.75, 3.05) is 32.8 Å². The van der Waals surface area contributed by atoms with Gasteiger partial charge >= 0.3 is 0 Å². The fourth-order valence-electron chi connectivity index (χ4n) is 5.62. The second kappa shape index (κ2) is 9.59. The minimum absolute atomic E-state index is 0.00905. The first-order chi connectivity index (χ1) is 15.7. The van der Waals surface area contributed by atoms with Crippen molar-refractivity contribution >= 4 is 5.91 Å². The second-order valence-corrected chi connectivity index (χ2v) is 9.60. The summed E-state index contributed by atoms with van der Waals surface area (Å²) in [7, 11) is 0. The molecule has 1 aromatic carbocycles. The molecule has 5 rings (SSSR count). The van der Waals surface area contributed by atoms with Gasteiger partial charge in [-0.2, -0.15) is 4.73 Å². The molecule has 3 heterocycles. The Labute approximate surface area is 190 Å². The lowest BCUT2D eigenvalue weighted by Gasteiger charge is -2.38. The zero-order chi connectivity index (χ0) is 21.9. The van der Waals surface area contributed by atoms with Crippen LogP contribution in [0.15, 0.2) is 48.8 Å². The molecule has 0 bridgehead atoms. The van der Waals surface area contributed by atoms with Gasteiger partial charge in [0.2, 0.25) is 0 Å². The van der Waals surface area contributed by atoms with E-state index in [1.165, 1.54) is 23.5 Å². The molecule has 32 heavy (non-hydrogen) atoms. The molecule has 170 valence electrons. The number of piperidine rings is 1. The molecule has 0 unspecified atom stereocenters. The first-order valence-corrected chi connectivity index (χ1v) is 12.1. The number of nitrogens with zero attached hydrogens (tertiary/aromatic N) is 3. The van der Waals surface area contributed by atoms with E-state index in [4.69, 9.17) is 4.74 Å². The lowest BCUT2D eigenvalue weighted by atomic mass is 9.94. The third kappa shape index (κ3) is 4.81. The smallest absolute Gasteiger partial charge is 0.254 e. The van der Waals surface area contributed by atoms with Crippen LogP contribution in [-0.2, 0) is 17.6 Å². The van der Waals surface area contributed by atoms with Crippen LogP contribution in [0.25, 0.3) is 0 Å². The molecule has 1 amide bonds. The van der Waals surface area contributed by atoms with Gasteiger partial charge in [0.15, 0.2) is 12.4 Å². The molecular formula is C26H33N3O3. The van der Waals surface area contributed by atoms with E-state index in [0.717, 1.165) is 69.5 Å². The summed E-state index contributed by atoms with van der Waals surface area (Å²) in [4.78, 5) is 17.9. The number of hydrogen-bond acceptors (Lipinski definition) is 4. The molecule has 0 saturated carbocycles. The maximum absolute atomic E-state index is 13.3. The Morgan fingerprint density at radius 1 is 1.03 bits per heavy atom. The zero-order valence-electron chi connectivity index (χ0n) is 18.7. The average Bonchev–Trinajstić information content (AvgIpc) is 3.49. The van der Waals surface area contributed by atoms with E-state index in [1.807, 2.05) is 4.90 Å². The number of carbonyl (C=O) groups is 1. The van der Waals surface area contributed by atoms with Gasteiger partial charge in [-0.05, 0) is 68.7 Å². The molecule has 3 aliphatic rings. The minimum atomic E-state index is 0.00905. The predicted molar refractivity (Wildman–Crippen MR) is 122 cm³/mol. The quantitative estimate of drug-likeness (QED) is 0.517. The summed E-state index contributed by atoms with van der Waals surface area (Å²) < 4.78 is 6.56. The third-order valence-electron chi connectivity index (χ3n) is 7.46. The number of pyridine rings is 1. The summed E-state index contributed by atoms with van der Waals surface area (Å²) in [5, 5.41) is 11.4. The van der Waals surface area contributed by atoms with Crippen LogP contribution in [0.2, 0.25) is 0 Å². The van der Waals surface area contributed by atoms with E-state index >= 15 is 0 Å². The van der Waals surface area contributed by atoms with Crippen molar-refractivity contribution in [1.82, 2.24) is 9.80 Å². The van der Waals surface area contributed by atoms with Crippen LogP contribution in [0.5, 0.6) is 0 Å². The summed E-state index contributed by atoms with van der Waals surface area (Å²) in [6.07, 6.45) is 9.58. The highest BCUT2D eigenvalue weighted by Crippen LogP contribution is 2.29. The molecule has 6 heteroatoms. The number of likely N-dealkylation sites (tertiary alicyclic amines) is 1. The summed E-state index contributed by atoms with van der Waals surface area (Å²) in [6, 6.07) is 12.7. The molecule has 0 N–H and O–H groups in total. The molecule has 2 saturated heterocycles. The topological polar surface area (TPSA) is 59.7 Å². The van der Waals surface area contributed by atoms with Crippen molar-refractivity contribution in [3.8, 4) is 0 Å². The highest BCUT2D eigenvalue weighted by atomic mass is 16.5. The monoisotopic (exact) mass is 435 g/mol. The first-order valence-electron chi connectivity index (χ1n) is 12.1. The second-order valence-electron chi connectivity index (χ2n) is 9.60. The van der Waals surface area contributed by atoms with E-state index in [9.17, 15) is 10.0 Å². The molecule has 0 radical (unpaired) electrons. The predicted octanol–water partition coefficient (Wildman–Crippen LogP) is 2.82. The van der Waals surface area contributed by atoms with Crippen molar-refractivity contribution in [2.24, 2.45) is 5.92 Å². The van der Waals surface area contributed by atoms with Gasteiger partial charge in [0.05, 0.1) is 11.7 Å². The average molecular weight is 436 g/mol. The maximum atomic E-state index is 13.3. The first kappa shape index (κ1) is 21.4. The molecular weight excluding hydrogens is 402 g/mol. The molecule has 1 aromatic heterocycles. The van der Waals surface area contributed by atoms with Crippen LogP contribution in [0.1, 0.15) is 47.2 Å². The molecule has 1 atom stereocenters. The SMILES string of the molecule is O=C(c1cc[n+]([O-])cc1)N(CC1CCN(C2Cc3ccccc3C2)CC1)C[C@@H]1CCCO1. The molecule has 1 aliphatic carbocycles. The Bertz CT molecular complexity index is 893. The van der Waals surface area contributed by atoms with Crippen molar-refractivity contribution in [3.05, 3.63) is 70.7 Å². The number of amides is 1. The standard InChI is InChI=1S/C26H33N3O3/c30-26(21-9-13-29(31)14-10-21)28(19-25-6-3-15-32-25)18-20-7-11-27(12-8-20)24-16-22-4-1-2-5-23(22)17-24/h1-2,4-5,9-10,13-14,20,24-25H,3,6-8,11-12,15-19H2/t25-/m0/s1. The molecule has 0 spiro atoms. The van der Waals surface area contributed by atoms with Crippen molar-refractivity contribution in [1.29, 1.82) is 0 Å². The maximum Gasteiger partial charge on any atom is 0.254 e. The van der Waals surface area contributed by atoms with Gasteiger partial charge in [0.1, 0.15) is 0 Å². The fraction of sp³-hybridized carbons (Fsp3) is 0.538. The molecule has 2 aromatic rings. The van der Waals surface area contributed by atoms with E-state index in [0.29, 0.717) is 24.1 Å². The number of aromatic nitrogens is 1.